The molecule has 1 aromatic heterocycles. The van der Waals surface area contributed by atoms with Crippen LogP contribution < -0.4 is 10.7 Å². The molecule has 4 heteroatoms. The van der Waals surface area contributed by atoms with Crippen molar-refractivity contribution in [1.29, 1.82) is 0 Å². The number of hydrogen-bond donors (Lipinski definition) is 2. The maximum absolute atomic E-state index is 12.7. The van der Waals surface area contributed by atoms with Gasteiger partial charge in [0.25, 0.3) is 0 Å². The molecule has 4 nitrogen and oxygen atoms in total. The van der Waals surface area contributed by atoms with Crippen molar-refractivity contribution < 1.29 is 9.52 Å². The van der Waals surface area contributed by atoms with E-state index in [4.69, 9.17) is 4.42 Å². The summed E-state index contributed by atoms with van der Waals surface area (Å²) in [6.45, 7) is 2.72. The predicted octanol–water partition coefficient (Wildman–Crippen LogP) is 2.51. The Morgan fingerprint density at radius 2 is 1.86 bits per heavy atom. The van der Waals surface area contributed by atoms with Crippen LogP contribution in [-0.4, -0.2) is 18.8 Å². The maximum atomic E-state index is 12.7. The van der Waals surface area contributed by atoms with Gasteiger partial charge in [-0.25, -0.2) is 0 Å². The summed E-state index contributed by atoms with van der Waals surface area (Å²) < 4.78 is 6.09. The van der Waals surface area contributed by atoms with Crippen LogP contribution in [0.4, 0.5) is 0 Å². The lowest BCUT2D eigenvalue weighted by molar-refractivity contribution is 0.299. The number of para-hydroxylation sites is 1. The zero-order valence-corrected chi connectivity index (χ0v) is 12.8. The molecule has 0 saturated carbocycles. The Morgan fingerprint density at radius 1 is 1.09 bits per heavy atom. The number of rotatable bonds is 4. The van der Waals surface area contributed by atoms with Crippen molar-refractivity contribution in [2.75, 3.05) is 13.7 Å². The highest BCUT2D eigenvalue weighted by Crippen LogP contribution is 2.26. The van der Waals surface area contributed by atoms with Crippen LogP contribution >= 0.6 is 0 Å². The highest BCUT2D eigenvalue weighted by molar-refractivity contribution is 5.92. The number of aryl methyl sites for hydroxylation is 1. The van der Waals surface area contributed by atoms with E-state index in [-0.39, 0.29) is 12.0 Å². The van der Waals surface area contributed by atoms with Crippen LogP contribution in [0, 0.1) is 6.92 Å². The van der Waals surface area contributed by atoms with Crippen LogP contribution in [0.15, 0.2) is 39.5 Å². The average molecular weight is 297 g/mol. The highest BCUT2D eigenvalue weighted by Gasteiger charge is 2.13. The topological polar surface area (TPSA) is 62.5 Å². The first-order valence-corrected chi connectivity index (χ1v) is 7.39. The Hall–Kier alpha value is -2.17. The molecule has 3 rings (SSSR count). The SMILES string of the molecule is CNCc1ccc2c(=O)c3cccc(CCO)c3oc2c1C. The molecule has 0 aliphatic heterocycles. The smallest absolute Gasteiger partial charge is 0.200 e. The lowest BCUT2D eigenvalue weighted by Crippen LogP contribution is -2.09. The molecule has 22 heavy (non-hydrogen) atoms. The van der Waals surface area contributed by atoms with Gasteiger partial charge >= 0.3 is 0 Å². The summed E-state index contributed by atoms with van der Waals surface area (Å²) in [5, 5.41) is 13.5. The molecule has 114 valence electrons. The summed E-state index contributed by atoms with van der Waals surface area (Å²) in [7, 11) is 1.89. The van der Waals surface area contributed by atoms with E-state index < -0.39 is 0 Å². The van der Waals surface area contributed by atoms with Gasteiger partial charge in [-0.1, -0.05) is 18.2 Å². The van der Waals surface area contributed by atoms with Crippen LogP contribution in [0.25, 0.3) is 21.9 Å². The van der Waals surface area contributed by atoms with Crippen LogP contribution in [0.5, 0.6) is 0 Å². The summed E-state index contributed by atoms with van der Waals surface area (Å²) >= 11 is 0. The molecule has 3 aromatic rings. The van der Waals surface area contributed by atoms with Crippen molar-refractivity contribution in [3.63, 3.8) is 0 Å². The van der Waals surface area contributed by atoms with Crippen molar-refractivity contribution in [3.8, 4) is 0 Å². The zero-order chi connectivity index (χ0) is 15.7. The quantitative estimate of drug-likeness (QED) is 0.726. The molecular formula is C18H19NO3. The minimum absolute atomic E-state index is 0.0184. The molecule has 0 bridgehead atoms. The normalized spacial score (nSPS) is 11.4. The van der Waals surface area contributed by atoms with Crippen molar-refractivity contribution >= 4 is 21.9 Å². The molecule has 0 amide bonds. The third-order valence-corrected chi connectivity index (χ3v) is 4.06. The highest BCUT2D eigenvalue weighted by atomic mass is 16.3. The van der Waals surface area contributed by atoms with Crippen LogP contribution in [-0.2, 0) is 13.0 Å². The van der Waals surface area contributed by atoms with Gasteiger partial charge in [0.1, 0.15) is 11.2 Å². The first kappa shape index (κ1) is 14.8. The summed E-state index contributed by atoms with van der Waals surface area (Å²) in [5.74, 6) is 0. The fourth-order valence-corrected chi connectivity index (χ4v) is 2.87. The van der Waals surface area contributed by atoms with Gasteiger partial charge in [0.15, 0.2) is 0 Å². The van der Waals surface area contributed by atoms with Crippen LogP contribution in [0.2, 0.25) is 0 Å². The number of nitrogens with one attached hydrogen (secondary N) is 1. The van der Waals surface area contributed by atoms with E-state index in [1.165, 1.54) is 0 Å². The van der Waals surface area contributed by atoms with E-state index >= 15 is 0 Å². The average Bonchev–Trinajstić information content (AvgIpc) is 2.52. The fraction of sp³-hybridized carbons (Fsp3) is 0.278. The van der Waals surface area contributed by atoms with E-state index in [9.17, 15) is 9.90 Å². The van der Waals surface area contributed by atoms with E-state index in [2.05, 4.69) is 5.32 Å². The fourth-order valence-electron chi connectivity index (χ4n) is 2.87. The van der Waals surface area contributed by atoms with Gasteiger partial charge in [-0.15, -0.1) is 0 Å². The lowest BCUT2D eigenvalue weighted by atomic mass is 10.0. The summed E-state index contributed by atoms with van der Waals surface area (Å²) in [6.07, 6.45) is 0.473. The van der Waals surface area contributed by atoms with E-state index in [1.54, 1.807) is 6.07 Å². The second-order valence-electron chi connectivity index (χ2n) is 5.46. The summed E-state index contributed by atoms with van der Waals surface area (Å²) in [4.78, 5) is 12.7. The first-order chi connectivity index (χ1) is 10.7. The molecule has 2 N–H and O–H groups in total. The van der Waals surface area contributed by atoms with E-state index in [1.807, 2.05) is 38.2 Å². The van der Waals surface area contributed by atoms with Gasteiger partial charge in [0.05, 0.1) is 10.8 Å². The third-order valence-electron chi connectivity index (χ3n) is 4.06. The largest absolute Gasteiger partial charge is 0.455 e. The lowest BCUT2D eigenvalue weighted by Gasteiger charge is -2.10. The number of hydrogen-bond acceptors (Lipinski definition) is 4. The Labute approximate surface area is 128 Å². The Morgan fingerprint density at radius 3 is 2.59 bits per heavy atom. The monoisotopic (exact) mass is 297 g/mol. The first-order valence-electron chi connectivity index (χ1n) is 7.39. The van der Waals surface area contributed by atoms with Crippen molar-refractivity contribution in [2.24, 2.45) is 0 Å². The molecule has 0 unspecified atom stereocenters. The summed E-state index contributed by atoms with van der Waals surface area (Å²) in [5.41, 5.74) is 4.14. The van der Waals surface area contributed by atoms with Crippen molar-refractivity contribution in [1.82, 2.24) is 5.32 Å². The van der Waals surface area contributed by atoms with Gasteiger partial charge in [-0.3, -0.25) is 4.79 Å². The van der Waals surface area contributed by atoms with Gasteiger partial charge in [0.2, 0.25) is 5.43 Å². The van der Waals surface area contributed by atoms with Crippen molar-refractivity contribution in [2.45, 2.75) is 19.9 Å². The van der Waals surface area contributed by atoms with Gasteiger partial charge < -0.3 is 14.8 Å². The minimum atomic E-state index is -0.0184. The van der Waals surface area contributed by atoms with Gasteiger partial charge in [0, 0.05) is 13.2 Å². The molecule has 0 aliphatic carbocycles. The van der Waals surface area contributed by atoms with Gasteiger partial charge in [-0.2, -0.15) is 0 Å². The van der Waals surface area contributed by atoms with Crippen molar-refractivity contribution in [3.05, 3.63) is 57.2 Å². The second-order valence-corrected chi connectivity index (χ2v) is 5.46. The van der Waals surface area contributed by atoms with Crippen LogP contribution in [0.3, 0.4) is 0 Å². The molecule has 0 fully saturated rings. The van der Waals surface area contributed by atoms with Gasteiger partial charge in [-0.05, 0) is 49.2 Å². The molecule has 0 spiro atoms. The maximum Gasteiger partial charge on any atom is 0.200 e. The number of aliphatic hydroxyl groups is 1. The molecule has 2 aromatic carbocycles. The van der Waals surface area contributed by atoms with E-state index in [0.717, 1.165) is 23.2 Å². The molecule has 0 saturated heterocycles. The Balaban J connectivity index is 2.40. The molecule has 0 radical (unpaired) electrons. The standard InChI is InChI=1S/C18H19NO3/c1-11-13(10-19-2)6-7-15-16(21)14-5-3-4-12(8-9-20)18(14)22-17(11)15/h3-7,19-20H,8-10H2,1-2H3. The zero-order valence-electron chi connectivity index (χ0n) is 12.8. The molecule has 1 heterocycles. The number of fused-ring (bicyclic) bond motifs is 2. The predicted molar refractivity (Wildman–Crippen MR) is 88.3 cm³/mol. The number of benzene rings is 2. The minimum Gasteiger partial charge on any atom is -0.455 e. The van der Waals surface area contributed by atoms with Crippen LogP contribution in [0.1, 0.15) is 16.7 Å². The third kappa shape index (κ3) is 2.30. The summed E-state index contributed by atoms with van der Waals surface area (Å²) in [6, 6.07) is 9.30. The number of aliphatic hydroxyl groups excluding tert-OH is 1. The molecule has 0 atom stereocenters. The Kier molecular flexibility index (Phi) is 3.96. The molecular weight excluding hydrogens is 278 g/mol. The Bertz CT molecular complexity index is 896. The molecule has 0 aliphatic rings. The second kappa shape index (κ2) is 5.91. The van der Waals surface area contributed by atoms with E-state index in [0.29, 0.717) is 28.4 Å².